The van der Waals surface area contributed by atoms with E-state index in [2.05, 4.69) is 16.3 Å². The van der Waals surface area contributed by atoms with E-state index in [0.717, 1.165) is 30.0 Å². The van der Waals surface area contributed by atoms with E-state index in [9.17, 15) is 9.18 Å². The highest BCUT2D eigenvalue weighted by Gasteiger charge is 2.38. The molecule has 136 valence electrons. The van der Waals surface area contributed by atoms with Gasteiger partial charge in [0.1, 0.15) is 18.2 Å². The van der Waals surface area contributed by atoms with Crippen molar-refractivity contribution in [3.8, 4) is 5.75 Å². The number of nitrogens with zero attached hydrogens (tertiary/aromatic N) is 1. The smallest absolute Gasteiger partial charge is 0.227 e. The summed E-state index contributed by atoms with van der Waals surface area (Å²) in [6.07, 6.45) is 1.19. The van der Waals surface area contributed by atoms with Gasteiger partial charge < -0.3 is 10.1 Å². The van der Waals surface area contributed by atoms with Crippen LogP contribution in [0.2, 0.25) is 0 Å². The van der Waals surface area contributed by atoms with E-state index in [4.69, 9.17) is 4.74 Å². The van der Waals surface area contributed by atoms with Gasteiger partial charge in [0, 0.05) is 18.7 Å². The zero-order valence-electron chi connectivity index (χ0n) is 14.8. The Hall–Kier alpha value is -2.40. The molecule has 0 bridgehead atoms. The van der Waals surface area contributed by atoms with Crippen LogP contribution in [0.1, 0.15) is 36.4 Å². The van der Waals surface area contributed by atoms with Crippen molar-refractivity contribution in [2.45, 2.75) is 31.3 Å². The summed E-state index contributed by atoms with van der Waals surface area (Å²) in [7, 11) is 0. The van der Waals surface area contributed by atoms with Gasteiger partial charge >= 0.3 is 0 Å². The summed E-state index contributed by atoms with van der Waals surface area (Å²) in [5.74, 6) is 0.206. The van der Waals surface area contributed by atoms with Gasteiger partial charge in [-0.2, -0.15) is 0 Å². The summed E-state index contributed by atoms with van der Waals surface area (Å²) in [5.41, 5.74) is 1.94. The number of ether oxygens (including phenoxy) is 1. The lowest BCUT2D eigenvalue weighted by atomic mass is 9.91. The normalized spacial score (nSPS) is 23.3. The Morgan fingerprint density at radius 3 is 2.62 bits per heavy atom. The van der Waals surface area contributed by atoms with Crippen LogP contribution in [0, 0.1) is 5.82 Å². The highest BCUT2D eigenvalue weighted by molar-refractivity contribution is 5.83. The molecule has 26 heavy (non-hydrogen) atoms. The van der Waals surface area contributed by atoms with Gasteiger partial charge in [0.2, 0.25) is 5.91 Å². The summed E-state index contributed by atoms with van der Waals surface area (Å²) in [6.45, 7) is 4.39. The number of likely N-dealkylation sites (tertiary alicyclic amines) is 1. The SMILES string of the molecule is CC(C(=O)N[C@@H]1COc2ccccc2[C@H]1N1CCC1)c1ccc(F)cc1. The molecule has 4 rings (SSSR count). The molecule has 1 N–H and O–H groups in total. The van der Waals surface area contributed by atoms with Gasteiger partial charge in [0.05, 0.1) is 18.0 Å². The van der Waals surface area contributed by atoms with Gasteiger partial charge in [-0.3, -0.25) is 9.69 Å². The van der Waals surface area contributed by atoms with Crippen molar-refractivity contribution in [1.29, 1.82) is 0 Å². The fraction of sp³-hybridized carbons (Fsp3) is 0.381. The first kappa shape index (κ1) is 17.0. The molecule has 2 aromatic rings. The lowest BCUT2D eigenvalue weighted by Gasteiger charge is -2.45. The predicted octanol–water partition coefficient (Wildman–Crippen LogP) is 3.25. The molecule has 2 aliphatic rings. The summed E-state index contributed by atoms with van der Waals surface area (Å²) >= 11 is 0. The predicted molar refractivity (Wildman–Crippen MR) is 97.6 cm³/mol. The van der Waals surface area contributed by atoms with Crippen LogP contribution >= 0.6 is 0 Å². The average molecular weight is 354 g/mol. The number of fused-ring (bicyclic) bond motifs is 1. The summed E-state index contributed by atoms with van der Waals surface area (Å²) in [5, 5.41) is 3.17. The molecule has 0 radical (unpaired) electrons. The zero-order valence-corrected chi connectivity index (χ0v) is 14.8. The molecule has 2 aromatic carbocycles. The highest BCUT2D eigenvalue weighted by atomic mass is 19.1. The number of benzene rings is 2. The second-order valence-corrected chi connectivity index (χ2v) is 7.07. The Bertz CT molecular complexity index is 789. The first-order valence-electron chi connectivity index (χ1n) is 9.15. The minimum absolute atomic E-state index is 0.0601. The quantitative estimate of drug-likeness (QED) is 0.916. The van der Waals surface area contributed by atoms with Gasteiger partial charge in [0.15, 0.2) is 0 Å². The van der Waals surface area contributed by atoms with Gasteiger partial charge in [-0.15, -0.1) is 0 Å². The second kappa shape index (κ2) is 7.08. The van der Waals surface area contributed by atoms with Crippen LogP contribution < -0.4 is 10.1 Å². The third-order valence-electron chi connectivity index (χ3n) is 5.41. The van der Waals surface area contributed by atoms with Gasteiger partial charge in [-0.05, 0) is 37.1 Å². The molecule has 1 saturated heterocycles. The average Bonchev–Trinajstić information content (AvgIpc) is 2.62. The van der Waals surface area contributed by atoms with Crippen molar-refractivity contribution in [2.24, 2.45) is 0 Å². The van der Waals surface area contributed by atoms with E-state index >= 15 is 0 Å². The first-order chi connectivity index (χ1) is 12.6. The minimum atomic E-state index is -0.343. The molecule has 2 aliphatic heterocycles. The summed E-state index contributed by atoms with van der Waals surface area (Å²) in [4.78, 5) is 15.2. The number of para-hydroxylation sites is 1. The van der Waals surface area contributed by atoms with E-state index in [1.54, 1.807) is 12.1 Å². The third kappa shape index (κ3) is 3.19. The number of nitrogens with one attached hydrogen (secondary N) is 1. The Morgan fingerprint density at radius 2 is 1.92 bits per heavy atom. The fourth-order valence-electron chi connectivity index (χ4n) is 3.74. The molecule has 0 spiro atoms. The van der Waals surface area contributed by atoms with Crippen LogP contribution in [0.4, 0.5) is 4.39 Å². The molecule has 0 aliphatic carbocycles. The summed E-state index contributed by atoms with van der Waals surface area (Å²) in [6, 6.07) is 14.2. The maximum absolute atomic E-state index is 13.1. The molecular weight excluding hydrogens is 331 g/mol. The minimum Gasteiger partial charge on any atom is -0.491 e. The number of hydrogen-bond donors (Lipinski definition) is 1. The molecule has 4 nitrogen and oxygen atoms in total. The maximum atomic E-state index is 13.1. The van der Waals surface area contributed by atoms with Crippen LogP contribution in [0.25, 0.3) is 0 Å². The Kier molecular flexibility index (Phi) is 4.64. The van der Waals surface area contributed by atoms with Crippen LogP contribution in [0.15, 0.2) is 48.5 Å². The summed E-state index contributed by atoms with van der Waals surface area (Å²) < 4.78 is 19.0. The number of carbonyl (C=O) groups is 1. The molecular formula is C21H23FN2O2. The molecule has 1 unspecified atom stereocenters. The monoisotopic (exact) mass is 354 g/mol. The number of amides is 1. The van der Waals surface area contributed by atoms with E-state index in [1.165, 1.54) is 18.6 Å². The van der Waals surface area contributed by atoms with Crippen LogP contribution in [0.3, 0.4) is 0 Å². The van der Waals surface area contributed by atoms with Gasteiger partial charge in [-0.1, -0.05) is 30.3 Å². The standard InChI is InChI=1S/C21H23FN2O2/c1-14(15-7-9-16(22)10-8-15)21(25)23-18-13-26-19-6-3-2-5-17(19)20(18)24-11-4-12-24/h2-3,5-10,14,18,20H,4,11-13H2,1H3,(H,23,25)/t14?,18-,20-/m1/s1. The number of carbonyl (C=O) groups excluding carboxylic acids is 1. The van der Waals surface area contributed by atoms with Gasteiger partial charge in [-0.25, -0.2) is 4.39 Å². The first-order valence-corrected chi connectivity index (χ1v) is 9.15. The fourth-order valence-corrected chi connectivity index (χ4v) is 3.74. The van der Waals surface area contributed by atoms with E-state index in [-0.39, 0.29) is 29.7 Å². The molecule has 2 heterocycles. The molecule has 0 aromatic heterocycles. The topological polar surface area (TPSA) is 41.6 Å². The largest absolute Gasteiger partial charge is 0.491 e. The van der Waals surface area contributed by atoms with Crippen molar-refractivity contribution in [1.82, 2.24) is 10.2 Å². The Morgan fingerprint density at radius 1 is 1.19 bits per heavy atom. The molecule has 0 saturated carbocycles. The Balaban J connectivity index is 1.53. The van der Waals surface area contributed by atoms with Crippen molar-refractivity contribution < 1.29 is 13.9 Å². The molecule has 5 heteroatoms. The van der Waals surface area contributed by atoms with E-state index in [0.29, 0.717) is 6.61 Å². The van der Waals surface area contributed by atoms with Crippen molar-refractivity contribution >= 4 is 5.91 Å². The molecule has 3 atom stereocenters. The van der Waals surface area contributed by atoms with Crippen molar-refractivity contribution in [3.05, 3.63) is 65.5 Å². The van der Waals surface area contributed by atoms with Crippen LogP contribution in [-0.2, 0) is 4.79 Å². The van der Waals surface area contributed by atoms with Crippen molar-refractivity contribution in [3.63, 3.8) is 0 Å². The van der Waals surface area contributed by atoms with Gasteiger partial charge in [0.25, 0.3) is 0 Å². The van der Waals surface area contributed by atoms with Crippen LogP contribution in [0.5, 0.6) is 5.75 Å². The van der Waals surface area contributed by atoms with E-state index in [1.807, 2.05) is 25.1 Å². The van der Waals surface area contributed by atoms with Crippen molar-refractivity contribution in [2.75, 3.05) is 19.7 Å². The zero-order chi connectivity index (χ0) is 18.1. The van der Waals surface area contributed by atoms with Crippen LogP contribution in [-0.4, -0.2) is 36.5 Å². The number of hydrogen-bond acceptors (Lipinski definition) is 3. The number of halogens is 1. The molecule has 1 fully saturated rings. The molecule has 1 amide bonds. The second-order valence-electron chi connectivity index (χ2n) is 7.07. The lowest BCUT2D eigenvalue weighted by Crippen LogP contribution is -2.55. The number of rotatable bonds is 4. The highest BCUT2D eigenvalue weighted by Crippen LogP contribution is 2.38. The third-order valence-corrected chi connectivity index (χ3v) is 5.41. The maximum Gasteiger partial charge on any atom is 0.227 e. The lowest BCUT2D eigenvalue weighted by molar-refractivity contribution is -0.124. The Labute approximate surface area is 153 Å². The van der Waals surface area contributed by atoms with E-state index < -0.39 is 0 Å².